The van der Waals surface area contributed by atoms with E-state index in [9.17, 15) is 19.2 Å². The summed E-state index contributed by atoms with van der Waals surface area (Å²) in [6.07, 6.45) is 5.00. The highest BCUT2D eigenvalue weighted by molar-refractivity contribution is 5.97. The second kappa shape index (κ2) is 14.5. The third kappa shape index (κ3) is 9.80. The van der Waals surface area contributed by atoms with Gasteiger partial charge in [-0.15, -0.1) is 0 Å². The molecule has 1 saturated carbocycles. The fourth-order valence-corrected chi connectivity index (χ4v) is 5.22. The highest BCUT2D eigenvalue weighted by Gasteiger charge is 2.33. The maximum absolute atomic E-state index is 13.3. The van der Waals surface area contributed by atoms with Crippen LogP contribution >= 0.6 is 0 Å². The van der Waals surface area contributed by atoms with Crippen molar-refractivity contribution >= 4 is 29.5 Å². The molecule has 0 aromatic heterocycles. The van der Waals surface area contributed by atoms with Crippen LogP contribution in [-0.4, -0.2) is 84.5 Å². The Morgan fingerprint density at radius 1 is 0.950 bits per heavy atom. The molecule has 1 aliphatic carbocycles. The van der Waals surface area contributed by atoms with Gasteiger partial charge in [0, 0.05) is 44.7 Å². The number of hydrogen-bond donors (Lipinski definition) is 3. The van der Waals surface area contributed by atoms with Crippen LogP contribution in [0.25, 0.3) is 0 Å². The molecule has 3 rings (SSSR count). The Morgan fingerprint density at radius 2 is 1.57 bits per heavy atom. The summed E-state index contributed by atoms with van der Waals surface area (Å²) in [5.41, 5.74) is 0.811. The van der Waals surface area contributed by atoms with E-state index in [4.69, 9.17) is 4.74 Å². The van der Waals surface area contributed by atoms with E-state index in [0.29, 0.717) is 31.6 Å². The molecule has 0 radical (unpaired) electrons. The highest BCUT2D eigenvalue weighted by Crippen LogP contribution is 2.27. The van der Waals surface area contributed by atoms with E-state index in [1.165, 1.54) is 0 Å². The smallest absolute Gasteiger partial charge is 0.408 e. The van der Waals surface area contributed by atoms with Crippen LogP contribution in [0.4, 0.5) is 10.5 Å². The van der Waals surface area contributed by atoms with Gasteiger partial charge in [-0.05, 0) is 64.3 Å². The summed E-state index contributed by atoms with van der Waals surface area (Å²) in [6.45, 7) is 10.0. The lowest BCUT2D eigenvalue weighted by molar-refractivity contribution is -0.137. The molecule has 2 aliphatic rings. The molecule has 3 N–H and O–H groups in total. The van der Waals surface area contributed by atoms with Crippen molar-refractivity contribution in [1.82, 2.24) is 20.4 Å². The molecule has 222 valence electrons. The molecule has 4 amide bonds. The van der Waals surface area contributed by atoms with Crippen molar-refractivity contribution in [3.63, 3.8) is 0 Å². The Kier molecular flexibility index (Phi) is 11.4. The molecule has 1 aliphatic heterocycles. The molecule has 2 fully saturated rings. The Bertz CT molecular complexity index is 1010. The van der Waals surface area contributed by atoms with Crippen LogP contribution in [0, 0.1) is 5.92 Å². The Morgan fingerprint density at radius 3 is 2.15 bits per heavy atom. The van der Waals surface area contributed by atoms with Gasteiger partial charge in [0.25, 0.3) is 0 Å². The van der Waals surface area contributed by atoms with Crippen molar-refractivity contribution in [3.05, 3.63) is 29.8 Å². The van der Waals surface area contributed by atoms with Crippen molar-refractivity contribution in [2.75, 3.05) is 38.5 Å². The van der Waals surface area contributed by atoms with Crippen LogP contribution in [-0.2, 0) is 25.5 Å². The van der Waals surface area contributed by atoms with E-state index in [0.717, 1.165) is 50.8 Å². The van der Waals surface area contributed by atoms with Crippen molar-refractivity contribution in [2.45, 2.75) is 90.3 Å². The second-order valence-corrected chi connectivity index (χ2v) is 12.0. The molecule has 1 heterocycles. The number of benzene rings is 1. The van der Waals surface area contributed by atoms with Gasteiger partial charge in [0.1, 0.15) is 17.7 Å². The standard InChI is InChI=1S/C30H47N5O5/c1-6-25(36)32-24(28(38)35-18-16-34(5)17-19-35)20-21-12-14-23(15-13-21)31-27(37)26(22-10-8-7-9-11-22)33-29(39)40-30(2,3)4/h12-15,22,24,26H,6-11,16-20H2,1-5H3,(H,31,37)(H,32,36)(H,33,39)/t24-,26+/m1/s1. The van der Waals surface area contributed by atoms with Gasteiger partial charge >= 0.3 is 6.09 Å². The number of rotatable bonds is 9. The lowest BCUT2D eigenvalue weighted by Crippen LogP contribution is -2.54. The second-order valence-electron chi connectivity index (χ2n) is 12.0. The van der Waals surface area contributed by atoms with Crippen LogP contribution in [0.2, 0.25) is 0 Å². The number of carbonyl (C=O) groups excluding carboxylic acids is 4. The van der Waals surface area contributed by atoms with Crippen molar-refractivity contribution in [2.24, 2.45) is 5.92 Å². The van der Waals surface area contributed by atoms with Gasteiger partial charge in [-0.3, -0.25) is 14.4 Å². The van der Waals surface area contributed by atoms with E-state index in [-0.39, 0.29) is 23.6 Å². The van der Waals surface area contributed by atoms with Gasteiger partial charge in [0.15, 0.2) is 0 Å². The fraction of sp³-hybridized carbons (Fsp3) is 0.667. The lowest BCUT2D eigenvalue weighted by atomic mass is 9.83. The van der Waals surface area contributed by atoms with Crippen LogP contribution in [0.1, 0.15) is 71.8 Å². The zero-order valence-corrected chi connectivity index (χ0v) is 24.8. The first-order valence-electron chi connectivity index (χ1n) is 14.6. The minimum absolute atomic E-state index is 0.0454. The number of likely N-dealkylation sites (N-methyl/N-ethyl adjacent to an activating group) is 1. The molecular weight excluding hydrogens is 510 g/mol. The molecule has 0 bridgehead atoms. The van der Waals surface area contributed by atoms with Crippen molar-refractivity contribution in [1.29, 1.82) is 0 Å². The van der Waals surface area contributed by atoms with Gasteiger partial charge in [-0.2, -0.15) is 0 Å². The summed E-state index contributed by atoms with van der Waals surface area (Å²) in [7, 11) is 2.03. The monoisotopic (exact) mass is 557 g/mol. The molecule has 1 aromatic rings. The first kappa shape index (κ1) is 31.4. The minimum Gasteiger partial charge on any atom is -0.444 e. The number of carbonyl (C=O) groups is 4. The first-order chi connectivity index (χ1) is 18.9. The largest absolute Gasteiger partial charge is 0.444 e. The van der Waals surface area contributed by atoms with Crippen LogP contribution in [0.3, 0.4) is 0 Å². The molecule has 1 aromatic carbocycles. The Balaban J connectivity index is 1.67. The van der Waals surface area contributed by atoms with Gasteiger partial charge in [0.05, 0.1) is 0 Å². The number of piperazine rings is 1. The summed E-state index contributed by atoms with van der Waals surface area (Å²) < 4.78 is 5.42. The maximum atomic E-state index is 13.3. The lowest BCUT2D eigenvalue weighted by Gasteiger charge is -2.34. The number of nitrogens with one attached hydrogen (secondary N) is 3. The van der Waals surface area contributed by atoms with E-state index in [1.54, 1.807) is 39.8 Å². The van der Waals surface area contributed by atoms with Crippen LogP contribution in [0.5, 0.6) is 0 Å². The average Bonchev–Trinajstić information content (AvgIpc) is 2.91. The van der Waals surface area contributed by atoms with Crippen molar-refractivity contribution in [3.8, 4) is 0 Å². The number of nitrogens with zero attached hydrogens (tertiary/aromatic N) is 2. The SMILES string of the molecule is CCC(=O)N[C@H](Cc1ccc(NC(=O)[C@@H](NC(=O)OC(C)(C)C)C2CCCCC2)cc1)C(=O)N1CCN(C)CC1. The molecule has 0 unspecified atom stereocenters. The maximum Gasteiger partial charge on any atom is 0.408 e. The van der Waals surface area contributed by atoms with E-state index in [2.05, 4.69) is 20.9 Å². The van der Waals surface area contributed by atoms with Gasteiger partial charge in [-0.1, -0.05) is 38.3 Å². The molecule has 2 atom stereocenters. The third-order valence-electron chi connectivity index (χ3n) is 7.51. The van der Waals surface area contributed by atoms with E-state index >= 15 is 0 Å². The van der Waals surface area contributed by atoms with Gasteiger partial charge in [0.2, 0.25) is 17.7 Å². The normalized spacial score (nSPS) is 18.4. The zero-order chi connectivity index (χ0) is 29.3. The number of amides is 4. The zero-order valence-electron chi connectivity index (χ0n) is 24.8. The molecule has 0 spiro atoms. The Hall–Kier alpha value is -3.14. The van der Waals surface area contributed by atoms with Crippen LogP contribution in [0.15, 0.2) is 24.3 Å². The topological polar surface area (TPSA) is 120 Å². The van der Waals surface area contributed by atoms with E-state index in [1.807, 2.05) is 24.1 Å². The Labute approximate surface area is 238 Å². The predicted octanol–water partition coefficient (Wildman–Crippen LogP) is 3.31. The molecule has 10 nitrogen and oxygen atoms in total. The summed E-state index contributed by atoms with van der Waals surface area (Å²) in [6, 6.07) is 5.95. The molecular formula is C30H47N5O5. The molecule has 40 heavy (non-hydrogen) atoms. The number of alkyl carbamates (subject to hydrolysis) is 1. The predicted molar refractivity (Wildman–Crippen MR) is 155 cm³/mol. The molecule has 1 saturated heterocycles. The van der Waals surface area contributed by atoms with Crippen molar-refractivity contribution < 1.29 is 23.9 Å². The first-order valence-corrected chi connectivity index (χ1v) is 14.6. The summed E-state index contributed by atoms with van der Waals surface area (Å²) in [5, 5.41) is 8.65. The third-order valence-corrected chi connectivity index (χ3v) is 7.51. The number of hydrogen-bond acceptors (Lipinski definition) is 6. The van der Waals surface area contributed by atoms with Crippen LogP contribution < -0.4 is 16.0 Å². The summed E-state index contributed by atoms with van der Waals surface area (Å²) in [5.74, 6) is -0.466. The van der Waals surface area contributed by atoms with Gasteiger partial charge in [-0.25, -0.2) is 4.79 Å². The minimum atomic E-state index is -0.690. The quantitative estimate of drug-likeness (QED) is 0.429. The number of ether oxygens (including phenoxy) is 1. The fourth-order valence-electron chi connectivity index (χ4n) is 5.22. The van der Waals surface area contributed by atoms with E-state index < -0.39 is 23.8 Å². The van der Waals surface area contributed by atoms with Gasteiger partial charge < -0.3 is 30.5 Å². The average molecular weight is 558 g/mol. The summed E-state index contributed by atoms with van der Waals surface area (Å²) in [4.78, 5) is 55.3. The summed E-state index contributed by atoms with van der Waals surface area (Å²) >= 11 is 0. The highest BCUT2D eigenvalue weighted by atomic mass is 16.6. The number of anilines is 1. The molecule has 10 heteroatoms.